The Balaban J connectivity index is 1.46. The lowest BCUT2D eigenvalue weighted by Crippen LogP contribution is -2.44. The van der Waals surface area contributed by atoms with Gasteiger partial charge in [0.05, 0.1) is 5.54 Å². The van der Waals surface area contributed by atoms with Crippen LogP contribution in [0.5, 0.6) is 6.01 Å². The van der Waals surface area contributed by atoms with Crippen molar-refractivity contribution in [1.29, 1.82) is 0 Å². The summed E-state index contributed by atoms with van der Waals surface area (Å²) in [7, 11) is 0. The van der Waals surface area contributed by atoms with Gasteiger partial charge in [0, 0.05) is 22.8 Å². The first-order chi connectivity index (χ1) is 21.2. The number of hydrogen-bond acceptors (Lipinski definition) is 10. The van der Waals surface area contributed by atoms with Crippen LogP contribution in [-0.2, 0) is 19.9 Å². The molecule has 14 nitrogen and oxygen atoms in total. The molecule has 0 saturated heterocycles. The van der Waals surface area contributed by atoms with Gasteiger partial charge in [-0.25, -0.2) is 4.79 Å². The summed E-state index contributed by atoms with van der Waals surface area (Å²) in [5.41, 5.74) is 5.54. The van der Waals surface area contributed by atoms with Crippen LogP contribution < -0.4 is 31.7 Å². The Morgan fingerprint density at radius 2 is 1.64 bits per heavy atom. The molecule has 238 valence electrons. The van der Waals surface area contributed by atoms with E-state index in [9.17, 15) is 37.5 Å². The summed E-state index contributed by atoms with van der Waals surface area (Å²) in [5.74, 6) is -4.65. The molecule has 0 unspecified atom stereocenters. The van der Waals surface area contributed by atoms with Gasteiger partial charge in [-0.1, -0.05) is 23.7 Å². The predicted molar refractivity (Wildman–Crippen MR) is 153 cm³/mol. The van der Waals surface area contributed by atoms with Gasteiger partial charge in [0.2, 0.25) is 11.9 Å². The quantitative estimate of drug-likeness (QED) is 0.148. The van der Waals surface area contributed by atoms with E-state index in [0.717, 1.165) is 5.56 Å². The van der Waals surface area contributed by atoms with Gasteiger partial charge >= 0.3 is 30.0 Å². The van der Waals surface area contributed by atoms with Gasteiger partial charge in [-0.15, -0.1) is 0 Å². The van der Waals surface area contributed by atoms with Crippen LogP contribution >= 0.6 is 11.6 Å². The van der Waals surface area contributed by atoms with E-state index in [1.165, 1.54) is 24.3 Å². The number of hydrogen-bond donors (Lipinski definition) is 6. The highest BCUT2D eigenvalue weighted by Crippen LogP contribution is 2.48. The molecule has 4 rings (SSSR count). The molecule has 0 bridgehead atoms. The Morgan fingerprint density at radius 3 is 2.22 bits per heavy atom. The van der Waals surface area contributed by atoms with Gasteiger partial charge < -0.3 is 36.8 Å². The first-order valence-corrected chi connectivity index (χ1v) is 13.6. The zero-order valence-electron chi connectivity index (χ0n) is 23.2. The molecule has 0 spiro atoms. The second kappa shape index (κ2) is 13.6. The van der Waals surface area contributed by atoms with Crippen LogP contribution in [0.25, 0.3) is 0 Å². The number of carbonyl (C=O) groups is 4. The summed E-state index contributed by atoms with van der Waals surface area (Å²) in [5, 5.41) is 20.4. The monoisotopic (exact) mass is 650 g/mol. The van der Waals surface area contributed by atoms with Crippen LogP contribution in [-0.4, -0.2) is 69.1 Å². The number of nitrogens with one attached hydrogen (secondary N) is 4. The number of carbonyl (C=O) groups excluding carboxylic acids is 3. The molecule has 1 fully saturated rings. The van der Waals surface area contributed by atoms with Gasteiger partial charge in [-0.3, -0.25) is 14.4 Å². The molecule has 0 radical (unpaired) electrons. The van der Waals surface area contributed by atoms with Crippen molar-refractivity contribution >= 4 is 52.9 Å². The summed E-state index contributed by atoms with van der Waals surface area (Å²) in [4.78, 5) is 58.4. The number of amides is 3. The lowest BCUT2D eigenvalue weighted by molar-refractivity contribution is -0.154. The highest BCUT2D eigenvalue weighted by atomic mass is 35.5. The van der Waals surface area contributed by atoms with E-state index in [4.69, 9.17) is 22.1 Å². The zero-order valence-corrected chi connectivity index (χ0v) is 23.9. The minimum Gasteiger partial charge on any atom is -0.480 e. The van der Waals surface area contributed by atoms with Gasteiger partial charge in [-0.2, -0.15) is 28.1 Å². The highest BCUT2D eigenvalue weighted by molar-refractivity contribution is 6.34. The number of anilines is 3. The SMILES string of the molecule is NC(=O)C(=O)NCC[C@H](NC(=O)c1ccc(Nc2nc(NC3(c4ccc(Cl)cc4)CC3)nc(OCC(F)(F)F)n2)cc1)C(=O)O. The molecule has 3 amide bonds. The van der Waals surface area contributed by atoms with E-state index < -0.39 is 54.1 Å². The summed E-state index contributed by atoms with van der Waals surface area (Å²) in [6.45, 7) is -1.86. The number of aliphatic carboxylic acids is 1. The Morgan fingerprint density at radius 1 is 1.00 bits per heavy atom. The molecule has 1 aromatic heterocycles. The molecular formula is C27H26ClF3N8O6. The normalized spacial score (nSPS) is 14.0. The van der Waals surface area contributed by atoms with E-state index in [-0.39, 0.29) is 30.4 Å². The molecule has 1 aliphatic rings. The maximum Gasteiger partial charge on any atom is 0.422 e. The van der Waals surface area contributed by atoms with E-state index >= 15 is 0 Å². The summed E-state index contributed by atoms with van der Waals surface area (Å²) >= 11 is 5.99. The molecule has 7 N–H and O–H groups in total. The van der Waals surface area contributed by atoms with Crippen molar-refractivity contribution in [2.24, 2.45) is 5.73 Å². The lowest BCUT2D eigenvalue weighted by atomic mass is 10.1. The Labute approximate surface area is 257 Å². The third-order valence-electron chi connectivity index (χ3n) is 6.43. The maximum atomic E-state index is 12.8. The van der Waals surface area contributed by atoms with Crippen molar-refractivity contribution in [1.82, 2.24) is 25.6 Å². The number of primary amides is 1. The van der Waals surface area contributed by atoms with E-state index in [2.05, 4.69) is 36.2 Å². The second-order valence-electron chi connectivity index (χ2n) is 9.86. The number of carboxylic acid groups (broad SMARTS) is 1. The topological polar surface area (TPSA) is 211 Å². The number of halogens is 4. The average Bonchev–Trinajstić information content (AvgIpc) is 3.75. The Kier molecular flexibility index (Phi) is 9.91. The highest BCUT2D eigenvalue weighted by Gasteiger charge is 2.45. The molecular weight excluding hydrogens is 625 g/mol. The summed E-state index contributed by atoms with van der Waals surface area (Å²) in [6.07, 6.45) is -3.46. The number of rotatable bonds is 13. The fraction of sp³-hybridized carbons (Fsp3) is 0.296. The van der Waals surface area contributed by atoms with Gasteiger partial charge in [0.15, 0.2) is 6.61 Å². The van der Waals surface area contributed by atoms with Crippen LogP contribution in [0.4, 0.5) is 30.8 Å². The largest absolute Gasteiger partial charge is 0.480 e. The number of benzene rings is 2. The van der Waals surface area contributed by atoms with E-state index in [1.54, 1.807) is 12.1 Å². The van der Waals surface area contributed by atoms with Crippen LogP contribution in [0, 0.1) is 0 Å². The number of nitrogens with zero attached hydrogens (tertiary/aromatic N) is 3. The van der Waals surface area contributed by atoms with Crippen LogP contribution in [0.3, 0.4) is 0 Å². The van der Waals surface area contributed by atoms with Gasteiger partial charge in [-0.05, 0) is 61.2 Å². The first kappa shape index (κ1) is 32.7. The second-order valence-corrected chi connectivity index (χ2v) is 10.3. The summed E-state index contributed by atoms with van der Waals surface area (Å²) in [6, 6.07) is 10.7. The minimum absolute atomic E-state index is 0.0418. The van der Waals surface area contributed by atoms with E-state index in [0.29, 0.717) is 23.6 Å². The summed E-state index contributed by atoms with van der Waals surface area (Å²) < 4.78 is 43.3. The van der Waals surface area contributed by atoms with Crippen molar-refractivity contribution < 1.29 is 42.2 Å². The number of ether oxygens (including phenoxy) is 1. The first-order valence-electron chi connectivity index (χ1n) is 13.2. The van der Waals surface area contributed by atoms with Crippen molar-refractivity contribution in [3.63, 3.8) is 0 Å². The number of aromatic nitrogens is 3. The molecule has 1 heterocycles. The molecule has 18 heteroatoms. The number of nitrogens with two attached hydrogens (primary N) is 1. The van der Waals surface area contributed by atoms with Gasteiger partial charge in [0.1, 0.15) is 6.04 Å². The molecule has 1 saturated carbocycles. The van der Waals surface area contributed by atoms with Crippen molar-refractivity contribution in [2.45, 2.75) is 37.0 Å². The Bertz CT molecular complexity index is 1570. The molecule has 1 atom stereocenters. The predicted octanol–water partition coefficient (Wildman–Crippen LogP) is 2.49. The van der Waals surface area contributed by atoms with Crippen molar-refractivity contribution in [2.75, 3.05) is 23.8 Å². The standard InChI is InChI=1S/C27H26ClF3N8O6/c28-16-5-3-15(4-6-16)26(10-11-26)39-24-36-23(37-25(38-24)45-13-27(29,30)31)34-17-7-1-14(2-8-17)20(41)35-18(22(43)44)9-12-33-21(42)19(32)40/h1-8,18H,9-13H2,(H2,32,40)(H,33,42)(H,35,41)(H,43,44)(H2,34,36,37,38,39)/t18-/m0/s1. The Hall–Kier alpha value is -5.19. The number of carboxylic acids is 1. The fourth-order valence-corrected chi connectivity index (χ4v) is 4.15. The average molecular weight is 651 g/mol. The lowest BCUT2D eigenvalue weighted by Gasteiger charge is -2.19. The molecule has 3 aromatic rings. The van der Waals surface area contributed by atoms with Crippen LogP contribution in [0.2, 0.25) is 5.02 Å². The molecule has 1 aliphatic carbocycles. The third kappa shape index (κ3) is 9.40. The third-order valence-corrected chi connectivity index (χ3v) is 6.68. The van der Waals surface area contributed by atoms with Crippen molar-refractivity contribution in [3.8, 4) is 6.01 Å². The fourth-order valence-electron chi connectivity index (χ4n) is 4.02. The zero-order chi connectivity index (χ0) is 32.8. The molecule has 0 aliphatic heterocycles. The number of alkyl halides is 3. The van der Waals surface area contributed by atoms with Crippen LogP contribution in [0.15, 0.2) is 48.5 Å². The van der Waals surface area contributed by atoms with E-state index in [1.807, 2.05) is 12.1 Å². The van der Waals surface area contributed by atoms with Gasteiger partial charge in [0.25, 0.3) is 5.91 Å². The smallest absolute Gasteiger partial charge is 0.422 e. The molecule has 45 heavy (non-hydrogen) atoms. The van der Waals surface area contributed by atoms with Crippen LogP contribution in [0.1, 0.15) is 35.2 Å². The maximum absolute atomic E-state index is 12.8. The van der Waals surface area contributed by atoms with Crippen molar-refractivity contribution in [3.05, 3.63) is 64.7 Å². The molecule has 2 aromatic carbocycles. The minimum atomic E-state index is -4.64.